The van der Waals surface area contributed by atoms with Crippen LogP contribution in [0.4, 0.5) is 0 Å². The number of halogens is 2. The quantitative estimate of drug-likeness (QED) is 0.738. The zero-order valence-corrected chi connectivity index (χ0v) is 12.6. The van der Waals surface area contributed by atoms with Crippen LogP contribution in [0.5, 0.6) is 11.5 Å². The van der Waals surface area contributed by atoms with E-state index in [9.17, 15) is 0 Å². The standard InChI is InChI=1S/C15H15Cl2NO2/c1-2-19-15-7-11(8-16)3-4-14(15)20-10-12-5-6-18-9-13(12)17/h3-7,9H,2,8,10H2,1H3. The molecule has 0 unspecified atom stereocenters. The smallest absolute Gasteiger partial charge is 0.161 e. The Balaban J connectivity index is 2.14. The normalized spacial score (nSPS) is 10.3. The summed E-state index contributed by atoms with van der Waals surface area (Å²) in [4.78, 5) is 3.94. The molecule has 3 nitrogen and oxygen atoms in total. The number of hydrogen-bond donors (Lipinski definition) is 0. The molecule has 5 heteroatoms. The minimum absolute atomic E-state index is 0.363. The summed E-state index contributed by atoms with van der Waals surface area (Å²) in [5.74, 6) is 1.81. The van der Waals surface area contributed by atoms with Crippen LogP contribution in [0, 0.1) is 0 Å². The molecular weight excluding hydrogens is 297 g/mol. The van der Waals surface area contributed by atoms with Crippen LogP contribution in [0.2, 0.25) is 5.02 Å². The number of pyridine rings is 1. The molecule has 0 saturated carbocycles. The van der Waals surface area contributed by atoms with Crippen molar-refractivity contribution in [2.45, 2.75) is 19.4 Å². The van der Waals surface area contributed by atoms with Gasteiger partial charge in [0.1, 0.15) is 6.61 Å². The lowest BCUT2D eigenvalue weighted by molar-refractivity contribution is 0.269. The molecular formula is C15H15Cl2NO2. The number of ether oxygens (including phenoxy) is 2. The first-order valence-corrected chi connectivity index (χ1v) is 7.18. The van der Waals surface area contributed by atoms with Crippen LogP contribution >= 0.6 is 23.2 Å². The molecule has 20 heavy (non-hydrogen) atoms. The van der Waals surface area contributed by atoms with Crippen LogP contribution in [0.25, 0.3) is 0 Å². The molecule has 2 rings (SSSR count). The lowest BCUT2D eigenvalue weighted by Gasteiger charge is -2.13. The molecule has 1 heterocycles. The van der Waals surface area contributed by atoms with Gasteiger partial charge in [0.2, 0.25) is 0 Å². The summed E-state index contributed by atoms with van der Waals surface area (Å²) in [7, 11) is 0. The van der Waals surface area contributed by atoms with Gasteiger partial charge in [-0.05, 0) is 30.7 Å². The second kappa shape index (κ2) is 7.36. The van der Waals surface area contributed by atoms with E-state index < -0.39 is 0 Å². The van der Waals surface area contributed by atoms with Gasteiger partial charge in [-0.25, -0.2) is 0 Å². The van der Waals surface area contributed by atoms with Crippen LogP contribution in [-0.2, 0) is 12.5 Å². The van der Waals surface area contributed by atoms with E-state index in [1.54, 1.807) is 12.4 Å². The summed E-state index contributed by atoms with van der Waals surface area (Å²) in [5.41, 5.74) is 1.87. The molecule has 0 fully saturated rings. The highest BCUT2D eigenvalue weighted by Crippen LogP contribution is 2.30. The van der Waals surface area contributed by atoms with E-state index in [0.717, 1.165) is 11.1 Å². The molecule has 0 atom stereocenters. The molecule has 0 aliphatic carbocycles. The molecule has 1 aromatic heterocycles. The Kier molecular flexibility index (Phi) is 5.50. The minimum atomic E-state index is 0.363. The molecule has 0 radical (unpaired) electrons. The number of nitrogens with zero attached hydrogens (tertiary/aromatic N) is 1. The maximum absolute atomic E-state index is 6.05. The molecule has 2 aromatic rings. The Hall–Kier alpha value is -1.45. The van der Waals surface area contributed by atoms with Gasteiger partial charge in [-0.3, -0.25) is 4.98 Å². The van der Waals surface area contributed by atoms with E-state index >= 15 is 0 Å². The van der Waals surface area contributed by atoms with E-state index in [0.29, 0.717) is 35.6 Å². The van der Waals surface area contributed by atoms with Gasteiger partial charge in [0.25, 0.3) is 0 Å². The predicted octanol–water partition coefficient (Wildman–Crippen LogP) is 4.45. The first kappa shape index (κ1) is 14.9. The Labute approximate surface area is 128 Å². The maximum atomic E-state index is 6.05. The van der Waals surface area contributed by atoms with Gasteiger partial charge in [-0.2, -0.15) is 0 Å². The Morgan fingerprint density at radius 2 is 2.00 bits per heavy atom. The third-order valence-electron chi connectivity index (χ3n) is 2.70. The highest BCUT2D eigenvalue weighted by molar-refractivity contribution is 6.31. The highest BCUT2D eigenvalue weighted by atomic mass is 35.5. The molecule has 0 spiro atoms. The summed E-state index contributed by atoms with van der Waals surface area (Å²) in [6.45, 7) is 2.86. The van der Waals surface area contributed by atoms with Crippen molar-refractivity contribution in [3.05, 3.63) is 52.8 Å². The van der Waals surface area contributed by atoms with E-state index in [1.807, 2.05) is 31.2 Å². The number of rotatable bonds is 6. The summed E-state index contributed by atoms with van der Waals surface area (Å²) in [6.07, 6.45) is 3.28. The maximum Gasteiger partial charge on any atom is 0.161 e. The number of alkyl halides is 1. The molecule has 0 aliphatic rings. The van der Waals surface area contributed by atoms with Gasteiger partial charge in [0.15, 0.2) is 11.5 Å². The molecule has 0 N–H and O–H groups in total. The van der Waals surface area contributed by atoms with Crippen LogP contribution in [0.1, 0.15) is 18.1 Å². The largest absolute Gasteiger partial charge is 0.490 e. The number of benzene rings is 1. The highest BCUT2D eigenvalue weighted by Gasteiger charge is 2.08. The zero-order chi connectivity index (χ0) is 14.4. The van der Waals surface area contributed by atoms with Crippen LogP contribution in [0.15, 0.2) is 36.7 Å². The van der Waals surface area contributed by atoms with E-state index in [2.05, 4.69) is 4.98 Å². The summed E-state index contributed by atoms with van der Waals surface area (Å²) < 4.78 is 11.3. The topological polar surface area (TPSA) is 31.4 Å². The summed E-state index contributed by atoms with van der Waals surface area (Å²) in [5, 5.41) is 0.586. The molecule has 106 valence electrons. The van der Waals surface area contributed by atoms with Crippen LogP contribution in [-0.4, -0.2) is 11.6 Å². The predicted molar refractivity (Wildman–Crippen MR) is 80.7 cm³/mol. The fourth-order valence-electron chi connectivity index (χ4n) is 1.70. The fourth-order valence-corrected chi connectivity index (χ4v) is 2.04. The second-order valence-electron chi connectivity index (χ2n) is 4.10. The van der Waals surface area contributed by atoms with Crippen molar-refractivity contribution in [3.8, 4) is 11.5 Å². The van der Waals surface area contributed by atoms with Crippen LogP contribution in [0.3, 0.4) is 0 Å². The van der Waals surface area contributed by atoms with Crippen LogP contribution < -0.4 is 9.47 Å². The van der Waals surface area contributed by atoms with Gasteiger partial charge in [0.05, 0.1) is 11.6 Å². The third kappa shape index (κ3) is 3.78. The molecule has 0 saturated heterocycles. The van der Waals surface area contributed by atoms with E-state index in [4.69, 9.17) is 32.7 Å². The average molecular weight is 312 g/mol. The Bertz CT molecular complexity index is 576. The zero-order valence-electron chi connectivity index (χ0n) is 11.1. The van der Waals surface area contributed by atoms with Gasteiger partial charge < -0.3 is 9.47 Å². The Morgan fingerprint density at radius 1 is 1.15 bits per heavy atom. The lowest BCUT2D eigenvalue weighted by atomic mass is 10.2. The van der Waals surface area contributed by atoms with Gasteiger partial charge in [0, 0.05) is 23.8 Å². The van der Waals surface area contributed by atoms with E-state index in [1.165, 1.54) is 0 Å². The molecule has 0 amide bonds. The van der Waals surface area contributed by atoms with E-state index in [-0.39, 0.29) is 0 Å². The molecule has 1 aromatic carbocycles. The SMILES string of the molecule is CCOc1cc(CCl)ccc1OCc1ccncc1Cl. The van der Waals surface area contributed by atoms with Crippen molar-refractivity contribution in [1.29, 1.82) is 0 Å². The fraction of sp³-hybridized carbons (Fsp3) is 0.267. The second-order valence-corrected chi connectivity index (χ2v) is 4.78. The van der Waals surface area contributed by atoms with Crippen molar-refractivity contribution >= 4 is 23.2 Å². The molecule has 0 aliphatic heterocycles. The number of hydrogen-bond acceptors (Lipinski definition) is 3. The molecule has 0 bridgehead atoms. The monoisotopic (exact) mass is 311 g/mol. The summed E-state index contributed by atoms with van der Waals surface area (Å²) in [6, 6.07) is 7.49. The van der Waals surface area contributed by atoms with Crippen molar-refractivity contribution in [1.82, 2.24) is 4.98 Å². The average Bonchev–Trinajstić information content (AvgIpc) is 2.47. The summed E-state index contributed by atoms with van der Waals surface area (Å²) >= 11 is 11.9. The third-order valence-corrected chi connectivity index (χ3v) is 3.35. The van der Waals surface area contributed by atoms with Gasteiger partial charge in [-0.15, -0.1) is 11.6 Å². The Morgan fingerprint density at radius 3 is 2.70 bits per heavy atom. The van der Waals surface area contributed by atoms with Crippen molar-refractivity contribution in [2.24, 2.45) is 0 Å². The lowest BCUT2D eigenvalue weighted by Crippen LogP contribution is -2.01. The van der Waals surface area contributed by atoms with Gasteiger partial charge >= 0.3 is 0 Å². The first-order chi connectivity index (χ1) is 9.74. The van der Waals surface area contributed by atoms with Crippen molar-refractivity contribution in [3.63, 3.8) is 0 Å². The minimum Gasteiger partial charge on any atom is -0.490 e. The van der Waals surface area contributed by atoms with Crippen molar-refractivity contribution in [2.75, 3.05) is 6.61 Å². The van der Waals surface area contributed by atoms with Crippen molar-refractivity contribution < 1.29 is 9.47 Å². The number of aromatic nitrogens is 1. The first-order valence-electron chi connectivity index (χ1n) is 6.27. The van der Waals surface area contributed by atoms with Gasteiger partial charge in [-0.1, -0.05) is 17.7 Å².